The SMILES string of the molecule is CCCC(c1ccc(N(c2ccc(-n3c4ccccc4c4ccccc43)cc2)c2cccc3ccccc23)cc1)C(C)(C)C. The van der Waals surface area contributed by atoms with E-state index in [4.69, 9.17) is 0 Å². The third kappa shape index (κ3) is 4.95. The number of hydrogen-bond acceptors (Lipinski definition) is 1. The number of anilines is 3. The summed E-state index contributed by atoms with van der Waals surface area (Å²) in [5.41, 5.74) is 8.73. The Labute approximate surface area is 261 Å². The van der Waals surface area contributed by atoms with Gasteiger partial charge in [0.25, 0.3) is 0 Å². The predicted octanol–water partition coefficient (Wildman–Crippen LogP) is 12.3. The fraction of sp³-hybridized carbons (Fsp3) is 0.190. The number of fused-ring (bicyclic) bond motifs is 4. The smallest absolute Gasteiger partial charge is 0.0541 e. The van der Waals surface area contributed by atoms with Crippen LogP contribution in [-0.2, 0) is 0 Å². The summed E-state index contributed by atoms with van der Waals surface area (Å²) in [6.07, 6.45) is 2.38. The molecule has 1 atom stereocenters. The second-order valence-corrected chi connectivity index (χ2v) is 13.0. The first-order valence-corrected chi connectivity index (χ1v) is 15.9. The minimum atomic E-state index is 0.218. The fourth-order valence-electron chi connectivity index (χ4n) is 7.03. The molecule has 0 aliphatic carbocycles. The van der Waals surface area contributed by atoms with Crippen molar-refractivity contribution >= 4 is 49.6 Å². The first-order valence-electron chi connectivity index (χ1n) is 15.9. The van der Waals surface area contributed by atoms with Crippen LogP contribution >= 0.6 is 0 Å². The number of rotatable bonds is 7. The summed E-state index contributed by atoms with van der Waals surface area (Å²) in [6, 6.07) is 51.1. The molecule has 1 aromatic heterocycles. The molecule has 0 spiro atoms. The lowest BCUT2D eigenvalue weighted by Gasteiger charge is -2.32. The van der Waals surface area contributed by atoms with Gasteiger partial charge in [-0.25, -0.2) is 0 Å². The molecule has 0 radical (unpaired) electrons. The van der Waals surface area contributed by atoms with Crippen LogP contribution in [0.3, 0.4) is 0 Å². The molecule has 0 amide bonds. The second kappa shape index (κ2) is 11.4. The van der Waals surface area contributed by atoms with Crippen molar-refractivity contribution in [2.24, 2.45) is 5.41 Å². The summed E-state index contributed by atoms with van der Waals surface area (Å²) < 4.78 is 2.38. The lowest BCUT2D eigenvalue weighted by molar-refractivity contribution is 0.303. The van der Waals surface area contributed by atoms with E-state index >= 15 is 0 Å². The minimum Gasteiger partial charge on any atom is -0.310 e. The molecular formula is C42H40N2. The fourth-order valence-corrected chi connectivity index (χ4v) is 7.03. The van der Waals surface area contributed by atoms with Crippen LogP contribution in [-0.4, -0.2) is 4.57 Å². The normalized spacial score (nSPS) is 12.6. The van der Waals surface area contributed by atoms with Gasteiger partial charge in [0.15, 0.2) is 0 Å². The number of benzene rings is 6. The maximum atomic E-state index is 2.41. The monoisotopic (exact) mass is 572 g/mol. The highest BCUT2D eigenvalue weighted by Gasteiger charge is 2.26. The molecule has 0 fully saturated rings. The van der Waals surface area contributed by atoms with Gasteiger partial charge in [0.1, 0.15) is 0 Å². The highest BCUT2D eigenvalue weighted by atomic mass is 15.1. The van der Waals surface area contributed by atoms with E-state index in [2.05, 4.69) is 177 Å². The molecule has 0 aliphatic rings. The Morgan fingerprint density at radius 3 is 1.68 bits per heavy atom. The average molecular weight is 573 g/mol. The Morgan fingerprint density at radius 2 is 1.09 bits per heavy atom. The first-order chi connectivity index (χ1) is 21.4. The van der Waals surface area contributed by atoms with E-state index in [1.807, 2.05) is 0 Å². The summed E-state index contributed by atoms with van der Waals surface area (Å²) in [5.74, 6) is 0.526. The molecule has 7 rings (SSSR count). The van der Waals surface area contributed by atoms with Crippen molar-refractivity contribution in [3.05, 3.63) is 145 Å². The van der Waals surface area contributed by atoms with Crippen molar-refractivity contribution < 1.29 is 0 Å². The van der Waals surface area contributed by atoms with E-state index in [1.54, 1.807) is 0 Å². The maximum Gasteiger partial charge on any atom is 0.0541 e. The summed E-state index contributed by atoms with van der Waals surface area (Å²) in [7, 11) is 0. The molecule has 218 valence electrons. The van der Waals surface area contributed by atoms with Crippen LogP contribution in [0.25, 0.3) is 38.3 Å². The van der Waals surface area contributed by atoms with Gasteiger partial charge in [0, 0.05) is 33.2 Å². The molecule has 2 heteroatoms. The van der Waals surface area contributed by atoms with Gasteiger partial charge >= 0.3 is 0 Å². The molecule has 1 unspecified atom stereocenters. The zero-order valence-corrected chi connectivity index (χ0v) is 26.2. The van der Waals surface area contributed by atoms with Crippen molar-refractivity contribution in [2.45, 2.75) is 46.5 Å². The average Bonchev–Trinajstić information content (AvgIpc) is 3.39. The zero-order valence-electron chi connectivity index (χ0n) is 26.2. The van der Waals surface area contributed by atoms with Gasteiger partial charge in [-0.3, -0.25) is 0 Å². The van der Waals surface area contributed by atoms with E-state index in [9.17, 15) is 0 Å². The van der Waals surface area contributed by atoms with Crippen molar-refractivity contribution in [1.29, 1.82) is 0 Å². The van der Waals surface area contributed by atoms with Gasteiger partial charge in [0.2, 0.25) is 0 Å². The largest absolute Gasteiger partial charge is 0.310 e. The summed E-state index contributed by atoms with van der Waals surface area (Å²) >= 11 is 0. The van der Waals surface area contributed by atoms with Crippen LogP contribution in [0.5, 0.6) is 0 Å². The first kappa shape index (κ1) is 28.0. The standard InChI is InChI=1S/C42H40N2/c1-5-13-38(42(2,3)4)31-22-24-32(25-23-31)43(39-21-12-15-30-14-6-7-16-35(30)39)33-26-28-34(29-27-33)44-40-19-10-8-17-36(40)37-18-9-11-20-41(37)44/h6-12,14-29,38H,5,13H2,1-4H3. The quantitative estimate of drug-likeness (QED) is 0.184. The molecule has 0 N–H and O–H groups in total. The van der Waals surface area contributed by atoms with Crippen molar-refractivity contribution in [3.63, 3.8) is 0 Å². The van der Waals surface area contributed by atoms with Gasteiger partial charge in [-0.05, 0) is 83.3 Å². The van der Waals surface area contributed by atoms with Gasteiger partial charge in [-0.1, -0.05) is 119 Å². The molecule has 44 heavy (non-hydrogen) atoms. The van der Waals surface area contributed by atoms with Crippen LogP contribution in [0.15, 0.2) is 140 Å². The molecular weight excluding hydrogens is 532 g/mol. The van der Waals surface area contributed by atoms with Crippen LogP contribution < -0.4 is 4.90 Å². The molecule has 2 nitrogen and oxygen atoms in total. The van der Waals surface area contributed by atoms with Gasteiger partial charge in [-0.15, -0.1) is 0 Å². The van der Waals surface area contributed by atoms with Crippen LogP contribution in [0.4, 0.5) is 17.1 Å². The van der Waals surface area contributed by atoms with E-state index in [0.717, 1.165) is 11.4 Å². The Bertz CT molecular complexity index is 2000. The summed E-state index contributed by atoms with van der Waals surface area (Å²) in [4.78, 5) is 2.41. The third-order valence-electron chi connectivity index (χ3n) is 9.13. The number of para-hydroxylation sites is 2. The van der Waals surface area contributed by atoms with Gasteiger partial charge in [0.05, 0.1) is 16.7 Å². The number of hydrogen-bond donors (Lipinski definition) is 0. The highest BCUT2D eigenvalue weighted by molar-refractivity contribution is 6.09. The van der Waals surface area contributed by atoms with E-state index in [-0.39, 0.29) is 5.41 Å². The van der Waals surface area contributed by atoms with E-state index in [1.165, 1.54) is 62.4 Å². The third-order valence-corrected chi connectivity index (χ3v) is 9.13. The van der Waals surface area contributed by atoms with Crippen LogP contribution in [0, 0.1) is 5.41 Å². The zero-order chi connectivity index (χ0) is 30.3. The Balaban J connectivity index is 1.36. The van der Waals surface area contributed by atoms with Crippen LogP contribution in [0.2, 0.25) is 0 Å². The summed E-state index contributed by atoms with van der Waals surface area (Å²) in [6.45, 7) is 9.38. The lowest BCUT2D eigenvalue weighted by Crippen LogP contribution is -2.18. The summed E-state index contributed by atoms with van der Waals surface area (Å²) in [5, 5.41) is 5.04. The second-order valence-electron chi connectivity index (χ2n) is 13.0. The highest BCUT2D eigenvalue weighted by Crippen LogP contribution is 2.43. The van der Waals surface area contributed by atoms with E-state index < -0.39 is 0 Å². The van der Waals surface area contributed by atoms with Gasteiger partial charge in [-0.2, -0.15) is 0 Å². The topological polar surface area (TPSA) is 8.17 Å². The molecule has 0 aliphatic heterocycles. The molecule has 6 aromatic carbocycles. The van der Waals surface area contributed by atoms with Crippen molar-refractivity contribution in [2.75, 3.05) is 4.90 Å². The molecule has 7 aromatic rings. The Hall–Kier alpha value is -4.82. The Kier molecular flexibility index (Phi) is 7.22. The molecule has 0 bridgehead atoms. The van der Waals surface area contributed by atoms with E-state index in [0.29, 0.717) is 5.92 Å². The number of nitrogens with zero attached hydrogens (tertiary/aromatic N) is 2. The minimum absolute atomic E-state index is 0.218. The van der Waals surface area contributed by atoms with Gasteiger partial charge < -0.3 is 9.47 Å². The molecule has 1 heterocycles. The van der Waals surface area contributed by atoms with Crippen LogP contribution in [0.1, 0.15) is 52.0 Å². The molecule has 0 saturated heterocycles. The van der Waals surface area contributed by atoms with Crippen molar-refractivity contribution in [1.82, 2.24) is 4.57 Å². The number of aromatic nitrogens is 1. The lowest BCUT2D eigenvalue weighted by atomic mass is 9.74. The van der Waals surface area contributed by atoms with Crippen molar-refractivity contribution in [3.8, 4) is 5.69 Å². The Morgan fingerprint density at radius 1 is 0.568 bits per heavy atom. The molecule has 0 saturated carbocycles. The predicted molar refractivity (Wildman–Crippen MR) is 190 cm³/mol. The maximum absolute atomic E-state index is 2.41.